The third-order valence-corrected chi connectivity index (χ3v) is 7.24. The van der Waals surface area contributed by atoms with Gasteiger partial charge in [-0.05, 0) is 50.2 Å². The van der Waals surface area contributed by atoms with Gasteiger partial charge in [-0.15, -0.1) is 0 Å². The molecule has 0 aliphatic heterocycles. The molecule has 2 aromatic rings. The summed E-state index contributed by atoms with van der Waals surface area (Å²) in [7, 11) is 0. The summed E-state index contributed by atoms with van der Waals surface area (Å²) in [6.07, 6.45) is 5.76. The first-order valence-corrected chi connectivity index (χ1v) is 13.2. The van der Waals surface area contributed by atoms with Crippen LogP contribution in [0.3, 0.4) is 0 Å². The molecule has 3 unspecified atom stereocenters. The molecular weight excluding hydrogens is 484 g/mol. The number of amides is 3. The van der Waals surface area contributed by atoms with Gasteiger partial charge in [0, 0.05) is 18.1 Å². The van der Waals surface area contributed by atoms with E-state index in [0.717, 1.165) is 25.7 Å². The number of pyridine rings is 1. The topological polar surface area (TPSA) is 126 Å². The Kier molecular flexibility index (Phi) is 9.36. The second kappa shape index (κ2) is 12.3. The van der Waals surface area contributed by atoms with Gasteiger partial charge in [-0.3, -0.25) is 29.0 Å². The fraction of sp³-hybridized carbons (Fsp3) is 0.517. The van der Waals surface area contributed by atoms with Crippen molar-refractivity contribution >= 4 is 40.7 Å². The zero-order valence-corrected chi connectivity index (χ0v) is 22.8. The van der Waals surface area contributed by atoms with Crippen molar-refractivity contribution in [2.75, 3.05) is 6.54 Å². The highest BCUT2D eigenvalue weighted by Gasteiger charge is 2.40. The van der Waals surface area contributed by atoms with Gasteiger partial charge in [0.1, 0.15) is 12.1 Å². The number of fused-ring (bicyclic) bond motifs is 1. The van der Waals surface area contributed by atoms with Crippen molar-refractivity contribution in [1.82, 2.24) is 20.5 Å². The summed E-state index contributed by atoms with van der Waals surface area (Å²) >= 11 is 0. The van der Waals surface area contributed by atoms with Crippen LogP contribution in [0.15, 0.2) is 36.5 Å². The van der Waals surface area contributed by atoms with Crippen molar-refractivity contribution in [1.29, 1.82) is 0 Å². The van der Waals surface area contributed by atoms with Crippen LogP contribution in [-0.4, -0.2) is 64.3 Å². The van der Waals surface area contributed by atoms with Gasteiger partial charge in [0.15, 0.2) is 6.29 Å². The molecule has 0 radical (unpaired) electrons. The highest BCUT2D eigenvalue weighted by Crippen LogP contribution is 2.29. The first-order valence-electron chi connectivity index (χ1n) is 13.2. The lowest BCUT2D eigenvalue weighted by Gasteiger charge is -2.38. The molecule has 38 heavy (non-hydrogen) atoms. The van der Waals surface area contributed by atoms with E-state index in [1.165, 1.54) is 11.8 Å². The normalized spacial score (nSPS) is 16.3. The molecular formula is C29H38N4O5. The molecule has 0 bridgehead atoms. The van der Waals surface area contributed by atoms with Crippen LogP contribution in [0.4, 0.5) is 0 Å². The molecule has 1 aromatic carbocycles. The number of ketones is 1. The van der Waals surface area contributed by atoms with E-state index in [0.29, 0.717) is 23.0 Å². The van der Waals surface area contributed by atoms with Crippen molar-refractivity contribution in [3.8, 4) is 0 Å². The van der Waals surface area contributed by atoms with E-state index in [-0.39, 0.29) is 18.1 Å². The van der Waals surface area contributed by atoms with E-state index < -0.39 is 41.1 Å². The smallest absolute Gasteiger partial charge is 0.252 e. The van der Waals surface area contributed by atoms with Crippen LogP contribution in [0.25, 0.3) is 10.9 Å². The summed E-state index contributed by atoms with van der Waals surface area (Å²) in [5.74, 6) is -1.81. The van der Waals surface area contributed by atoms with E-state index in [9.17, 15) is 24.0 Å². The SMILES string of the molecule is CC(NC(=O)C(C)N(CC1CCCC1)C(=O)C(NC(=O)c1ccnc2ccccc12)C(C)(C)C)C(=O)C=O. The average Bonchev–Trinajstić information content (AvgIpc) is 3.41. The number of hydrogen-bond acceptors (Lipinski definition) is 6. The maximum Gasteiger partial charge on any atom is 0.252 e. The van der Waals surface area contributed by atoms with E-state index in [4.69, 9.17) is 0 Å². The Morgan fingerprint density at radius 3 is 2.34 bits per heavy atom. The Morgan fingerprint density at radius 1 is 1.05 bits per heavy atom. The fourth-order valence-electron chi connectivity index (χ4n) is 4.88. The molecule has 3 rings (SSSR count). The van der Waals surface area contributed by atoms with Gasteiger partial charge in [-0.25, -0.2) is 0 Å². The number of aldehydes is 1. The highest BCUT2D eigenvalue weighted by atomic mass is 16.2. The molecule has 204 valence electrons. The number of Topliss-reactive ketones (excluding diaryl/α,β-unsaturated/α-hetero) is 1. The summed E-state index contributed by atoms with van der Waals surface area (Å²) in [5.41, 5.74) is 0.415. The Labute approximate surface area is 223 Å². The predicted octanol–water partition coefficient (Wildman–Crippen LogP) is 3.06. The van der Waals surface area contributed by atoms with Gasteiger partial charge in [-0.1, -0.05) is 51.8 Å². The summed E-state index contributed by atoms with van der Waals surface area (Å²) in [5, 5.41) is 6.17. The van der Waals surface area contributed by atoms with Crippen LogP contribution in [0.2, 0.25) is 0 Å². The number of nitrogens with one attached hydrogen (secondary N) is 2. The maximum absolute atomic E-state index is 14.1. The highest BCUT2D eigenvalue weighted by molar-refractivity contribution is 6.27. The monoisotopic (exact) mass is 522 g/mol. The van der Waals surface area contributed by atoms with E-state index in [1.54, 1.807) is 19.2 Å². The first-order chi connectivity index (χ1) is 17.9. The third-order valence-electron chi connectivity index (χ3n) is 7.24. The predicted molar refractivity (Wildman–Crippen MR) is 144 cm³/mol. The number of rotatable bonds is 10. The molecule has 1 fully saturated rings. The number of benzene rings is 1. The fourth-order valence-corrected chi connectivity index (χ4v) is 4.88. The second-order valence-corrected chi connectivity index (χ2v) is 11.2. The molecule has 1 aliphatic rings. The third kappa shape index (κ3) is 6.82. The van der Waals surface area contributed by atoms with Crippen LogP contribution in [0, 0.1) is 11.3 Å². The first kappa shape index (κ1) is 28.9. The summed E-state index contributed by atoms with van der Waals surface area (Å²) in [4.78, 5) is 69.1. The zero-order chi connectivity index (χ0) is 28.0. The lowest BCUT2D eigenvalue weighted by Crippen LogP contribution is -2.60. The van der Waals surface area contributed by atoms with Gasteiger partial charge < -0.3 is 15.5 Å². The van der Waals surface area contributed by atoms with E-state index in [2.05, 4.69) is 15.6 Å². The Hall–Kier alpha value is -3.62. The summed E-state index contributed by atoms with van der Waals surface area (Å²) in [6, 6.07) is 6.09. The van der Waals surface area contributed by atoms with Crippen molar-refractivity contribution in [3.05, 3.63) is 42.1 Å². The lowest BCUT2D eigenvalue weighted by atomic mass is 9.85. The summed E-state index contributed by atoms with van der Waals surface area (Å²) in [6.45, 7) is 9.00. The number of hydrogen-bond donors (Lipinski definition) is 2. The summed E-state index contributed by atoms with van der Waals surface area (Å²) < 4.78 is 0. The van der Waals surface area contributed by atoms with Crippen molar-refractivity contribution in [2.45, 2.75) is 78.4 Å². The molecule has 9 heteroatoms. The molecule has 3 atom stereocenters. The molecule has 1 heterocycles. The standard InChI is InChI=1S/C29H38N4O5/c1-18(24(35)17-34)31-26(36)19(2)33(16-20-10-6-7-11-20)28(38)25(29(3,4)5)32-27(37)22-14-15-30-23-13-9-8-12-21(22)23/h8-9,12-15,17-20,25H,6-7,10-11,16H2,1-5H3,(H,31,36)(H,32,37). The van der Waals surface area contributed by atoms with Crippen molar-refractivity contribution < 1.29 is 24.0 Å². The number of aromatic nitrogens is 1. The zero-order valence-electron chi connectivity index (χ0n) is 22.8. The average molecular weight is 523 g/mol. The minimum Gasteiger partial charge on any atom is -0.344 e. The van der Waals surface area contributed by atoms with Crippen LogP contribution in [-0.2, 0) is 19.2 Å². The number of carbonyl (C=O) groups excluding carboxylic acids is 5. The van der Waals surface area contributed by atoms with Crippen LogP contribution < -0.4 is 10.6 Å². The van der Waals surface area contributed by atoms with Crippen LogP contribution in [0.1, 0.15) is 70.7 Å². The largest absolute Gasteiger partial charge is 0.344 e. The Balaban J connectivity index is 1.90. The quantitative estimate of drug-likeness (QED) is 0.365. The van der Waals surface area contributed by atoms with Gasteiger partial charge >= 0.3 is 0 Å². The van der Waals surface area contributed by atoms with Crippen LogP contribution in [0.5, 0.6) is 0 Å². The van der Waals surface area contributed by atoms with Crippen LogP contribution >= 0.6 is 0 Å². The molecule has 2 N–H and O–H groups in total. The van der Waals surface area contributed by atoms with Gasteiger partial charge in [0.25, 0.3) is 5.91 Å². The van der Waals surface area contributed by atoms with Crippen molar-refractivity contribution in [3.63, 3.8) is 0 Å². The molecule has 1 aromatic heterocycles. The van der Waals surface area contributed by atoms with Gasteiger partial charge in [0.2, 0.25) is 17.6 Å². The number of carbonyl (C=O) groups is 5. The van der Waals surface area contributed by atoms with Gasteiger partial charge in [-0.2, -0.15) is 0 Å². The van der Waals surface area contributed by atoms with Crippen molar-refractivity contribution in [2.24, 2.45) is 11.3 Å². The maximum atomic E-state index is 14.1. The molecule has 0 saturated heterocycles. The Morgan fingerprint density at radius 2 is 1.71 bits per heavy atom. The molecule has 9 nitrogen and oxygen atoms in total. The molecule has 1 aliphatic carbocycles. The minimum absolute atomic E-state index is 0.172. The van der Waals surface area contributed by atoms with E-state index in [1.807, 2.05) is 45.0 Å². The molecule has 3 amide bonds. The Bertz CT molecular complexity index is 1190. The van der Waals surface area contributed by atoms with Gasteiger partial charge in [0.05, 0.1) is 17.1 Å². The second-order valence-electron chi connectivity index (χ2n) is 11.2. The molecule has 1 saturated carbocycles. The number of para-hydroxylation sites is 1. The lowest BCUT2D eigenvalue weighted by molar-refractivity contribution is -0.144. The minimum atomic E-state index is -0.996. The van der Waals surface area contributed by atoms with E-state index >= 15 is 0 Å². The molecule has 0 spiro atoms. The number of nitrogens with zero attached hydrogens (tertiary/aromatic N) is 2.